The van der Waals surface area contributed by atoms with Gasteiger partial charge in [-0.25, -0.2) is 8.42 Å². The minimum absolute atomic E-state index is 0.0570. The number of hydrogen-bond acceptors (Lipinski definition) is 4. The monoisotopic (exact) mass is 304 g/mol. The van der Waals surface area contributed by atoms with Crippen LogP contribution in [0.4, 0.5) is 0 Å². The van der Waals surface area contributed by atoms with Crippen LogP contribution < -0.4 is 5.32 Å². The van der Waals surface area contributed by atoms with Gasteiger partial charge in [0.25, 0.3) is 0 Å². The summed E-state index contributed by atoms with van der Waals surface area (Å²) in [5.41, 5.74) is -0.930. The van der Waals surface area contributed by atoms with Crippen LogP contribution in [0, 0.1) is 0 Å². The molecular formula is C13H24N2O4S. The summed E-state index contributed by atoms with van der Waals surface area (Å²) in [4.78, 5) is 25.3. The fraction of sp³-hybridized carbons (Fsp3) is 0.846. The number of amides is 2. The lowest BCUT2D eigenvalue weighted by atomic mass is 9.94. The Bertz CT molecular complexity index is 507. The molecule has 116 valence electrons. The maximum Gasteiger partial charge on any atom is 0.248 e. The molecule has 7 heteroatoms. The fourth-order valence-corrected chi connectivity index (χ4v) is 3.02. The van der Waals surface area contributed by atoms with E-state index in [2.05, 4.69) is 5.32 Å². The summed E-state index contributed by atoms with van der Waals surface area (Å²) < 4.78 is 23.3. The number of rotatable bonds is 4. The first-order chi connectivity index (χ1) is 8.93. The first-order valence-electron chi connectivity index (χ1n) is 6.75. The Kier molecular flexibility index (Phi) is 4.53. The molecule has 1 rings (SSSR count). The van der Waals surface area contributed by atoms with Crippen LogP contribution in [0.25, 0.3) is 0 Å². The first kappa shape index (κ1) is 16.9. The van der Waals surface area contributed by atoms with Gasteiger partial charge in [-0.15, -0.1) is 0 Å². The Labute approximate surface area is 120 Å². The van der Waals surface area contributed by atoms with Crippen molar-refractivity contribution in [1.82, 2.24) is 10.2 Å². The van der Waals surface area contributed by atoms with Crippen molar-refractivity contribution >= 4 is 21.7 Å². The molecule has 1 atom stereocenters. The lowest BCUT2D eigenvalue weighted by molar-refractivity contribution is -0.149. The quantitative estimate of drug-likeness (QED) is 0.811. The van der Waals surface area contributed by atoms with Gasteiger partial charge < -0.3 is 10.2 Å². The second-order valence-electron chi connectivity index (χ2n) is 6.39. The third-order valence-corrected chi connectivity index (χ3v) is 6.37. The zero-order chi connectivity index (χ0) is 15.8. The summed E-state index contributed by atoms with van der Waals surface area (Å²) in [5, 5.41) is 2.67. The summed E-state index contributed by atoms with van der Waals surface area (Å²) in [6.45, 7) is 8.34. The fourth-order valence-electron chi connectivity index (χ4n) is 1.95. The molecule has 0 aromatic carbocycles. The maximum absolute atomic E-state index is 12.3. The van der Waals surface area contributed by atoms with Crippen molar-refractivity contribution < 1.29 is 18.0 Å². The standard InChI is InChI=1S/C13H24N2O4S/c1-6-13(5)11(17)15(9-10(16)14-13)7-8-20(18,19)12(2,3)4/h6-9H2,1-5H3,(H,14,16). The first-order valence-corrected chi connectivity index (χ1v) is 8.41. The molecule has 0 saturated carbocycles. The molecule has 6 nitrogen and oxygen atoms in total. The van der Waals surface area contributed by atoms with E-state index in [4.69, 9.17) is 0 Å². The maximum atomic E-state index is 12.3. The average Bonchev–Trinajstić information content (AvgIpc) is 2.30. The Morgan fingerprint density at radius 2 is 1.85 bits per heavy atom. The number of hydrogen-bond donors (Lipinski definition) is 1. The van der Waals surface area contributed by atoms with Gasteiger partial charge in [-0.05, 0) is 34.1 Å². The molecule has 2 amide bonds. The number of nitrogens with one attached hydrogen (secondary N) is 1. The Hall–Kier alpha value is -1.11. The third kappa shape index (κ3) is 3.31. The van der Waals surface area contributed by atoms with E-state index < -0.39 is 20.1 Å². The molecule has 1 N–H and O–H groups in total. The van der Waals surface area contributed by atoms with Gasteiger partial charge in [-0.3, -0.25) is 9.59 Å². The smallest absolute Gasteiger partial charge is 0.248 e. The van der Waals surface area contributed by atoms with Crippen LogP contribution in [-0.4, -0.2) is 54.3 Å². The van der Waals surface area contributed by atoms with Crippen molar-refractivity contribution in [2.24, 2.45) is 0 Å². The Morgan fingerprint density at radius 1 is 1.30 bits per heavy atom. The van der Waals surface area contributed by atoms with Crippen molar-refractivity contribution in [1.29, 1.82) is 0 Å². The summed E-state index contributed by atoms with van der Waals surface area (Å²) in [5.74, 6) is -0.596. The van der Waals surface area contributed by atoms with Gasteiger partial charge in [-0.1, -0.05) is 6.92 Å². The molecule has 1 heterocycles. The molecule has 1 unspecified atom stereocenters. The zero-order valence-corrected chi connectivity index (χ0v) is 13.6. The predicted molar refractivity (Wildman–Crippen MR) is 77.0 cm³/mol. The molecule has 0 aromatic rings. The molecule has 1 fully saturated rings. The molecule has 0 bridgehead atoms. The SMILES string of the molecule is CCC1(C)NC(=O)CN(CCS(=O)(=O)C(C)(C)C)C1=O. The van der Waals surface area contributed by atoms with E-state index in [0.29, 0.717) is 6.42 Å². The van der Waals surface area contributed by atoms with Crippen LogP contribution in [0.5, 0.6) is 0 Å². The van der Waals surface area contributed by atoms with E-state index in [1.165, 1.54) is 4.90 Å². The second kappa shape index (κ2) is 5.35. The lowest BCUT2D eigenvalue weighted by Gasteiger charge is -2.39. The highest BCUT2D eigenvalue weighted by Crippen LogP contribution is 2.20. The highest BCUT2D eigenvalue weighted by atomic mass is 32.2. The van der Waals surface area contributed by atoms with Gasteiger partial charge in [0.15, 0.2) is 9.84 Å². The van der Waals surface area contributed by atoms with Gasteiger partial charge >= 0.3 is 0 Å². The summed E-state index contributed by atoms with van der Waals surface area (Å²) in [6.07, 6.45) is 0.472. The summed E-state index contributed by atoms with van der Waals surface area (Å²) >= 11 is 0. The number of carbonyl (C=O) groups is 2. The molecule has 20 heavy (non-hydrogen) atoms. The zero-order valence-electron chi connectivity index (χ0n) is 12.8. The van der Waals surface area contributed by atoms with E-state index in [-0.39, 0.29) is 30.7 Å². The van der Waals surface area contributed by atoms with Crippen LogP contribution in [0.15, 0.2) is 0 Å². The highest BCUT2D eigenvalue weighted by Gasteiger charge is 2.42. The summed E-state index contributed by atoms with van der Waals surface area (Å²) in [6, 6.07) is 0. The van der Waals surface area contributed by atoms with Crippen LogP contribution >= 0.6 is 0 Å². The number of nitrogens with zero attached hydrogens (tertiary/aromatic N) is 1. The van der Waals surface area contributed by atoms with E-state index in [1.807, 2.05) is 6.92 Å². The largest absolute Gasteiger partial charge is 0.340 e. The van der Waals surface area contributed by atoms with Gasteiger partial charge in [0, 0.05) is 6.54 Å². The minimum atomic E-state index is -3.31. The summed E-state index contributed by atoms with van der Waals surface area (Å²) in [7, 11) is -3.31. The van der Waals surface area contributed by atoms with Crippen molar-refractivity contribution in [2.45, 2.75) is 51.3 Å². The third-order valence-electron chi connectivity index (χ3n) is 3.78. The molecule has 0 aliphatic carbocycles. The lowest BCUT2D eigenvalue weighted by Crippen LogP contribution is -2.65. The van der Waals surface area contributed by atoms with Crippen LogP contribution in [0.1, 0.15) is 41.0 Å². The van der Waals surface area contributed by atoms with Crippen LogP contribution in [0.3, 0.4) is 0 Å². The van der Waals surface area contributed by atoms with E-state index in [9.17, 15) is 18.0 Å². The minimum Gasteiger partial charge on any atom is -0.340 e. The van der Waals surface area contributed by atoms with Gasteiger partial charge in [0.2, 0.25) is 11.8 Å². The molecule has 0 radical (unpaired) electrons. The van der Waals surface area contributed by atoms with Gasteiger partial charge in [-0.2, -0.15) is 0 Å². The van der Waals surface area contributed by atoms with Crippen molar-refractivity contribution in [3.05, 3.63) is 0 Å². The van der Waals surface area contributed by atoms with Gasteiger partial charge in [0.05, 0.1) is 17.0 Å². The molecule has 1 aliphatic rings. The number of carbonyl (C=O) groups excluding carboxylic acids is 2. The molecule has 1 saturated heterocycles. The van der Waals surface area contributed by atoms with Crippen molar-refractivity contribution in [3.8, 4) is 0 Å². The Morgan fingerprint density at radius 3 is 2.30 bits per heavy atom. The average molecular weight is 304 g/mol. The highest BCUT2D eigenvalue weighted by molar-refractivity contribution is 7.92. The van der Waals surface area contributed by atoms with Crippen LogP contribution in [-0.2, 0) is 19.4 Å². The van der Waals surface area contributed by atoms with E-state index in [1.54, 1.807) is 27.7 Å². The van der Waals surface area contributed by atoms with E-state index >= 15 is 0 Å². The Balaban J connectivity index is 2.83. The number of sulfone groups is 1. The van der Waals surface area contributed by atoms with Gasteiger partial charge in [0.1, 0.15) is 5.54 Å². The van der Waals surface area contributed by atoms with E-state index in [0.717, 1.165) is 0 Å². The second-order valence-corrected chi connectivity index (χ2v) is 9.25. The normalized spacial score (nSPS) is 24.8. The molecule has 0 spiro atoms. The number of piperazine rings is 1. The van der Waals surface area contributed by atoms with Crippen molar-refractivity contribution in [3.63, 3.8) is 0 Å². The topological polar surface area (TPSA) is 83.6 Å². The molecular weight excluding hydrogens is 280 g/mol. The molecule has 1 aliphatic heterocycles. The predicted octanol–water partition coefficient (Wildman–Crippen LogP) is 0.327. The van der Waals surface area contributed by atoms with Crippen LogP contribution in [0.2, 0.25) is 0 Å². The van der Waals surface area contributed by atoms with Crippen molar-refractivity contribution in [2.75, 3.05) is 18.8 Å². The molecule has 0 aromatic heterocycles.